The van der Waals surface area contributed by atoms with Crippen molar-refractivity contribution in [3.63, 3.8) is 0 Å². The van der Waals surface area contributed by atoms with Crippen LogP contribution in [0.3, 0.4) is 0 Å². The van der Waals surface area contributed by atoms with Crippen LogP contribution < -0.4 is 0 Å². The van der Waals surface area contributed by atoms with Gasteiger partial charge in [0, 0.05) is 10.6 Å². The van der Waals surface area contributed by atoms with Gasteiger partial charge in [0.15, 0.2) is 0 Å². The molecule has 132 valence electrons. The molecule has 1 N–H and O–H groups in total. The SMILES string of the molecule is CC(C)(C)c1ccc(-n2nc3ccc(Cl)cc3n2)c(O)c1C(C)(C)C. The molecule has 0 saturated heterocycles. The first-order valence-corrected chi connectivity index (χ1v) is 8.76. The number of nitrogens with zero attached hydrogens (tertiary/aromatic N) is 3. The summed E-state index contributed by atoms with van der Waals surface area (Å²) in [6.07, 6.45) is 0. The Balaban J connectivity index is 2.26. The molecule has 0 fully saturated rings. The number of phenols is 1. The first kappa shape index (κ1) is 17.7. The van der Waals surface area contributed by atoms with E-state index in [0.29, 0.717) is 16.2 Å². The maximum absolute atomic E-state index is 11.1. The van der Waals surface area contributed by atoms with Crippen LogP contribution in [0, 0.1) is 0 Å². The number of aromatic hydroxyl groups is 1. The van der Waals surface area contributed by atoms with Crippen LogP contribution in [0.25, 0.3) is 16.7 Å². The number of hydrogen-bond acceptors (Lipinski definition) is 3. The number of hydrogen-bond donors (Lipinski definition) is 1. The minimum absolute atomic E-state index is 0.0750. The van der Waals surface area contributed by atoms with Crippen molar-refractivity contribution in [1.82, 2.24) is 15.0 Å². The Kier molecular flexibility index (Phi) is 4.07. The predicted octanol–water partition coefficient (Wildman–Crippen LogP) is 5.37. The minimum atomic E-state index is -0.210. The minimum Gasteiger partial charge on any atom is -0.505 e. The summed E-state index contributed by atoms with van der Waals surface area (Å²) >= 11 is 6.03. The highest BCUT2D eigenvalue weighted by atomic mass is 35.5. The lowest BCUT2D eigenvalue weighted by Gasteiger charge is -2.31. The van der Waals surface area contributed by atoms with Gasteiger partial charge in [0.05, 0.1) is 0 Å². The van der Waals surface area contributed by atoms with Gasteiger partial charge >= 0.3 is 0 Å². The molecule has 5 heteroatoms. The molecule has 0 unspecified atom stereocenters. The number of aromatic nitrogens is 3. The standard InChI is InChI=1S/C20H24ClN3O/c1-19(2,3)13-8-10-16(18(25)17(13)20(4,5)6)24-22-14-9-7-12(21)11-15(14)23-24/h7-11,25H,1-6H3. The fourth-order valence-electron chi connectivity index (χ4n) is 3.12. The number of fused-ring (bicyclic) bond motifs is 1. The molecule has 1 aromatic heterocycles. The molecule has 0 atom stereocenters. The molecule has 2 aromatic carbocycles. The molecule has 0 aliphatic carbocycles. The van der Waals surface area contributed by atoms with E-state index in [1.807, 2.05) is 12.1 Å². The van der Waals surface area contributed by atoms with Crippen LogP contribution in [0.5, 0.6) is 5.75 Å². The Morgan fingerprint density at radius 1 is 0.880 bits per heavy atom. The zero-order valence-electron chi connectivity index (χ0n) is 15.6. The predicted molar refractivity (Wildman–Crippen MR) is 103 cm³/mol. The number of benzene rings is 2. The van der Waals surface area contributed by atoms with Gasteiger partial charge in [-0.2, -0.15) is 0 Å². The molecule has 1 heterocycles. The fraction of sp³-hybridized carbons (Fsp3) is 0.400. The van der Waals surface area contributed by atoms with E-state index >= 15 is 0 Å². The normalized spacial score (nSPS) is 12.8. The zero-order valence-corrected chi connectivity index (χ0v) is 16.3. The second-order valence-corrected chi connectivity index (χ2v) is 8.91. The van der Waals surface area contributed by atoms with Crippen LogP contribution in [-0.2, 0) is 10.8 Å². The van der Waals surface area contributed by atoms with Crippen molar-refractivity contribution in [1.29, 1.82) is 0 Å². The van der Waals surface area contributed by atoms with E-state index in [2.05, 4.69) is 57.8 Å². The Labute approximate surface area is 153 Å². The molecule has 3 aromatic rings. The van der Waals surface area contributed by atoms with E-state index in [1.54, 1.807) is 12.1 Å². The van der Waals surface area contributed by atoms with Crippen molar-refractivity contribution in [3.05, 3.63) is 46.5 Å². The third-order valence-electron chi connectivity index (χ3n) is 4.27. The molecule has 0 bridgehead atoms. The van der Waals surface area contributed by atoms with Crippen molar-refractivity contribution in [2.75, 3.05) is 0 Å². The first-order valence-electron chi connectivity index (χ1n) is 8.38. The largest absolute Gasteiger partial charge is 0.505 e. The van der Waals surface area contributed by atoms with Crippen molar-refractivity contribution >= 4 is 22.6 Å². The van der Waals surface area contributed by atoms with Crippen LogP contribution >= 0.6 is 11.6 Å². The molecule has 25 heavy (non-hydrogen) atoms. The van der Waals surface area contributed by atoms with E-state index in [9.17, 15) is 5.11 Å². The van der Waals surface area contributed by atoms with Crippen LogP contribution in [0.1, 0.15) is 52.7 Å². The fourth-order valence-corrected chi connectivity index (χ4v) is 3.29. The molecule has 0 radical (unpaired) electrons. The summed E-state index contributed by atoms with van der Waals surface area (Å²) in [5.74, 6) is 0.228. The Bertz CT molecular complexity index is 946. The molecule has 4 nitrogen and oxygen atoms in total. The monoisotopic (exact) mass is 357 g/mol. The van der Waals surface area contributed by atoms with Crippen LogP contribution in [0.15, 0.2) is 30.3 Å². The summed E-state index contributed by atoms with van der Waals surface area (Å²) in [4.78, 5) is 1.48. The molecule has 0 amide bonds. The Hall–Kier alpha value is -2.07. The summed E-state index contributed by atoms with van der Waals surface area (Å²) < 4.78 is 0. The summed E-state index contributed by atoms with van der Waals surface area (Å²) in [6.45, 7) is 12.8. The van der Waals surface area contributed by atoms with Gasteiger partial charge < -0.3 is 5.11 Å². The molecular weight excluding hydrogens is 334 g/mol. The average molecular weight is 358 g/mol. The van der Waals surface area contributed by atoms with Gasteiger partial charge in [-0.1, -0.05) is 59.2 Å². The van der Waals surface area contributed by atoms with Crippen molar-refractivity contribution in [3.8, 4) is 11.4 Å². The van der Waals surface area contributed by atoms with E-state index in [0.717, 1.165) is 16.6 Å². The van der Waals surface area contributed by atoms with Crippen LogP contribution in [0.2, 0.25) is 5.02 Å². The van der Waals surface area contributed by atoms with Gasteiger partial charge in [-0.3, -0.25) is 0 Å². The highest BCUT2D eigenvalue weighted by molar-refractivity contribution is 6.31. The average Bonchev–Trinajstić information content (AvgIpc) is 2.87. The quantitative estimate of drug-likeness (QED) is 0.636. The highest BCUT2D eigenvalue weighted by Crippen LogP contribution is 2.42. The summed E-state index contributed by atoms with van der Waals surface area (Å²) in [5, 5.41) is 20.7. The van der Waals surface area contributed by atoms with Crippen molar-refractivity contribution < 1.29 is 5.11 Å². The van der Waals surface area contributed by atoms with E-state index in [-0.39, 0.29) is 16.6 Å². The second kappa shape index (κ2) is 5.73. The van der Waals surface area contributed by atoms with E-state index in [4.69, 9.17) is 11.6 Å². The maximum atomic E-state index is 11.1. The lowest BCUT2D eigenvalue weighted by atomic mass is 9.74. The number of rotatable bonds is 1. The van der Waals surface area contributed by atoms with Crippen LogP contribution in [0.4, 0.5) is 0 Å². The molecule has 0 saturated carbocycles. The van der Waals surface area contributed by atoms with Crippen molar-refractivity contribution in [2.45, 2.75) is 52.4 Å². The topological polar surface area (TPSA) is 50.9 Å². The number of halogens is 1. The molecule has 3 rings (SSSR count). The molecule has 0 spiro atoms. The van der Waals surface area contributed by atoms with Gasteiger partial charge in [0.1, 0.15) is 22.5 Å². The lowest BCUT2D eigenvalue weighted by molar-refractivity contribution is 0.430. The third kappa shape index (κ3) is 3.23. The molecular formula is C20H24ClN3O. The molecule has 0 aliphatic heterocycles. The van der Waals surface area contributed by atoms with Gasteiger partial charge in [0.2, 0.25) is 0 Å². The summed E-state index contributed by atoms with van der Waals surface area (Å²) in [5.41, 5.74) is 3.78. The third-order valence-corrected chi connectivity index (χ3v) is 4.51. The Morgan fingerprint density at radius 3 is 2.12 bits per heavy atom. The van der Waals surface area contributed by atoms with Gasteiger partial charge in [0.25, 0.3) is 0 Å². The van der Waals surface area contributed by atoms with Crippen LogP contribution in [-0.4, -0.2) is 20.1 Å². The second-order valence-electron chi connectivity index (χ2n) is 8.48. The van der Waals surface area contributed by atoms with E-state index < -0.39 is 0 Å². The lowest BCUT2D eigenvalue weighted by Crippen LogP contribution is -2.23. The molecule has 0 aliphatic rings. The highest BCUT2D eigenvalue weighted by Gasteiger charge is 2.30. The van der Waals surface area contributed by atoms with Gasteiger partial charge in [-0.15, -0.1) is 15.0 Å². The van der Waals surface area contributed by atoms with Gasteiger partial charge in [-0.25, -0.2) is 0 Å². The summed E-state index contributed by atoms with van der Waals surface area (Å²) in [6, 6.07) is 9.33. The smallest absolute Gasteiger partial charge is 0.147 e. The Morgan fingerprint density at radius 2 is 1.52 bits per heavy atom. The summed E-state index contributed by atoms with van der Waals surface area (Å²) in [7, 11) is 0. The maximum Gasteiger partial charge on any atom is 0.147 e. The first-order chi connectivity index (χ1) is 11.5. The van der Waals surface area contributed by atoms with Gasteiger partial charge in [-0.05, 0) is 40.7 Å². The van der Waals surface area contributed by atoms with Crippen molar-refractivity contribution in [2.24, 2.45) is 0 Å². The zero-order chi connectivity index (χ0) is 18.6. The number of phenolic OH excluding ortho intramolecular Hbond substituents is 1. The van der Waals surface area contributed by atoms with E-state index in [1.165, 1.54) is 4.80 Å².